The Hall–Kier alpha value is -1.20. The molecule has 1 aromatic rings. The van der Waals surface area contributed by atoms with Crippen molar-refractivity contribution in [2.24, 2.45) is 5.73 Å². The second-order valence-electron chi connectivity index (χ2n) is 5.00. The number of nitrogens with zero attached hydrogens (tertiary/aromatic N) is 3. The van der Waals surface area contributed by atoms with Crippen molar-refractivity contribution in [3.05, 3.63) is 17.8 Å². The second kappa shape index (κ2) is 4.23. The number of aromatic nitrogens is 2. The molecule has 2 atom stereocenters. The summed E-state index contributed by atoms with van der Waals surface area (Å²) in [5, 5.41) is 18.0. The van der Waals surface area contributed by atoms with Gasteiger partial charge in [0, 0.05) is 24.2 Å². The van der Waals surface area contributed by atoms with Crippen molar-refractivity contribution < 1.29 is 5.11 Å². The molecule has 17 heavy (non-hydrogen) atoms. The van der Waals surface area contributed by atoms with Crippen LogP contribution in [-0.4, -0.2) is 33.5 Å². The number of nitrogens with two attached hydrogens (primary N) is 1. The molecule has 1 aromatic heterocycles. The van der Waals surface area contributed by atoms with Gasteiger partial charge < -0.3 is 15.7 Å². The van der Waals surface area contributed by atoms with Crippen molar-refractivity contribution >= 4 is 5.82 Å². The topological polar surface area (TPSA) is 75.3 Å². The van der Waals surface area contributed by atoms with E-state index < -0.39 is 0 Å². The molecule has 0 aromatic carbocycles. The number of aliphatic hydroxyl groups excluding tert-OH is 1. The van der Waals surface area contributed by atoms with E-state index in [1.54, 1.807) is 6.20 Å². The number of piperidine rings is 1. The molecule has 2 aliphatic rings. The first-order valence-corrected chi connectivity index (χ1v) is 6.26. The van der Waals surface area contributed by atoms with E-state index in [1.807, 2.05) is 6.07 Å². The van der Waals surface area contributed by atoms with Crippen LogP contribution < -0.4 is 10.6 Å². The second-order valence-corrected chi connectivity index (χ2v) is 5.00. The predicted molar refractivity (Wildman–Crippen MR) is 64.5 cm³/mol. The maximum absolute atomic E-state index is 9.79. The first kappa shape index (κ1) is 10.9. The first-order chi connectivity index (χ1) is 8.29. The molecule has 3 rings (SSSR count). The number of hydrogen-bond donors (Lipinski definition) is 2. The summed E-state index contributed by atoms with van der Waals surface area (Å²) in [4.78, 5) is 2.34. The van der Waals surface area contributed by atoms with Gasteiger partial charge in [-0.2, -0.15) is 5.10 Å². The Bertz CT molecular complexity index is 397. The molecule has 3 heterocycles. The summed E-state index contributed by atoms with van der Waals surface area (Å²) in [6.07, 6.45) is 5.51. The molecule has 2 saturated heterocycles. The SMILES string of the molecule is NCc1ccnnc1N1C2CCC1CC(O)C2. The Kier molecular flexibility index (Phi) is 2.72. The Morgan fingerprint density at radius 3 is 2.71 bits per heavy atom. The maximum Gasteiger partial charge on any atom is 0.156 e. The molecule has 5 heteroatoms. The van der Waals surface area contributed by atoms with Crippen LogP contribution in [-0.2, 0) is 6.54 Å². The highest BCUT2D eigenvalue weighted by Crippen LogP contribution is 2.39. The lowest BCUT2D eigenvalue weighted by Crippen LogP contribution is -2.45. The van der Waals surface area contributed by atoms with Gasteiger partial charge in [0.15, 0.2) is 5.82 Å². The Morgan fingerprint density at radius 2 is 2.06 bits per heavy atom. The first-order valence-electron chi connectivity index (χ1n) is 6.26. The normalized spacial score (nSPS) is 31.9. The monoisotopic (exact) mass is 234 g/mol. The summed E-state index contributed by atoms with van der Waals surface area (Å²) < 4.78 is 0. The minimum Gasteiger partial charge on any atom is -0.393 e. The highest BCUT2D eigenvalue weighted by molar-refractivity contribution is 5.49. The van der Waals surface area contributed by atoms with Crippen LogP contribution in [0.1, 0.15) is 31.2 Å². The highest BCUT2D eigenvalue weighted by Gasteiger charge is 2.41. The molecular weight excluding hydrogens is 216 g/mol. The zero-order chi connectivity index (χ0) is 11.8. The minimum absolute atomic E-state index is 0.151. The van der Waals surface area contributed by atoms with E-state index in [9.17, 15) is 5.11 Å². The average Bonchev–Trinajstić information content (AvgIpc) is 2.61. The van der Waals surface area contributed by atoms with Crippen LogP contribution in [0.4, 0.5) is 5.82 Å². The summed E-state index contributed by atoms with van der Waals surface area (Å²) in [6.45, 7) is 0.489. The van der Waals surface area contributed by atoms with Gasteiger partial charge in [-0.15, -0.1) is 5.10 Å². The number of aliphatic hydroxyl groups is 1. The molecule has 2 unspecified atom stereocenters. The third-order valence-electron chi connectivity index (χ3n) is 3.95. The van der Waals surface area contributed by atoms with E-state index in [1.165, 1.54) is 0 Å². The molecule has 5 nitrogen and oxygen atoms in total. The number of rotatable bonds is 2. The van der Waals surface area contributed by atoms with Gasteiger partial charge in [-0.3, -0.25) is 0 Å². The van der Waals surface area contributed by atoms with Crippen molar-refractivity contribution in [2.45, 2.75) is 50.4 Å². The summed E-state index contributed by atoms with van der Waals surface area (Å²) in [7, 11) is 0. The number of hydrogen-bond acceptors (Lipinski definition) is 5. The fourth-order valence-electron chi connectivity index (χ4n) is 3.22. The van der Waals surface area contributed by atoms with Crippen LogP contribution in [0.5, 0.6) is 0 Å². The fraction of sp³-hybridized carbons (Fsp3) is 0.667. The third kappa shape index (κ3) is 1.79. The maximum atomic E-state index is 9.79. The van der Waals surface area contributed by atoms with E-state index >= 15 is 0 Å². The van der Waals surface area contributed by atoms with Crippen molar-refractivity contribution in [1.82, 2.24) is 10.2 Å². The standard InChI is InChI=1S/C12H18N4O/c13-7-8-3-4-14-15-12(8)16-9-1-2-10(16)6-11(17)5-9/h3-4,9-11,17H,1-2,5-7,13H2. The number of anilines is 1. The van der Waals surface area contributed by atoms with Gasteiger partial charge in [-0.05, 0) is 31.7 Å². The van der Waals surface area contributed by atoms with Crippen LogP contribution in [0.25, 0.3) is 0 Å². The summed E-state index contributed by atoms with van der Waals surface area (Å²) in [6, 6.07) is 2.75. The van der Waals surface area contributed by atoms with Gasteiger partial charge >= 0.3 is 0 Å². The van der Waals surface area contributed by atoms with Crippen LogP contribution >= 0.6 is 0 Å². The lowest BCUT2D eigenvalue weighted by molar-refractivity contribution is 0.126. The van der Waals surface area contributed by atoms with Crippen LogP contribution in [0.15, 0.2) is 12.3 Å². The smallest absolute Gasteiger partial charge is 0.156 e. The Morgan fingerprint density at radius 1 is 1.35 bits per heavy atom. The van der Waals surface area contributed by atoms with Crippen LogP contribution in [0.2, 0.25) is 0 Å². The largest absolute Gasteiger partial charge is 0.393 e. The fourth-order valence-corrected chi connectivity index (χ4v) is 3.22. The Labute approximate surface area is 101 Å². The predicted octanol–water partition coefficient (Wildman–Crippen LogP) is 0.427. The highest BCUT2D eigenvalue weighted by atomic mass is 16.3. The van der Waals surface area contributed by atoms with Gasteiger partial charge in [0.2, 0.25) is 0 Å². The molecule has 0 aliphatic carbocycles. The Balaban J connectivity index is 1.94. The molecule has 92 valence electrons. The molecule has 2 aliphatic heterocycles. The average molecular weight is 234 g/mol. The van der Waals surface area contributed by atoms with Crippen LogP contribution in [0.3, 0.4) is 0 Å². The lowest BCUT2D eigenvalue weighted by atomic mass is 9.99. The van der Waals surface area contributed by atoms with Crippen LogP contribution in [0, 0.1) is 0 Å². The van der Waals surface area contributed by atoms with E-state index in [0.717, 1.165) is 37.1 Å². The third-order valence-corrected chi connectivity index (χ3v) is 3.95. The number of fused-ring (bicyclic) bond motifs is 2. The van der Waals surface area contributed by atoms with Crippen molar-refractivity contribution in [1.29, 1.82) is 0 Å². The van der Waals surface area contributed by atoms with Gasteiger partial charge in [0.05, 0.1) is 12.3 Å². The van der Waals surface area contributed by atoms with E-state index in [4.69, 9.17) is 5.73 Å². The summed E-state index contributed by atoms with van der Waals surface area (Å²) in [5.41, 5.74) is 6.80. The van der Waals surface area contributed by atoms with Crippen molar-refractivity contribution in [3.63, 3.8) is 0 Å². The molecule has 0 saturated carbocycles. The molecular formula is C12H18N4O. The minimum atomic E-state index is -0.151. The van der Waals surface area contributed by atoms with E-state index in [2.05, 4.69) is 15.1 Å². The van der Waals surface area contributed by atoms with Crippen molar-refractivity contribution in [3.8, 4) is 0 Å². The zero-order valence-corrected chi connectivity index (χ0v) is 9.79. The van der Waals surface area contributed by atoms with Gasteiger partial charge in [0.25, 0.3) is 0 Å². The summed E-state index contributed by atoms with van der Waals surface area (Å²) >= 11 is 0. The van der Waals surface area contributed by atoms with E-state index in [-0.39, 0.29) is 6.10 Å². The molecule has 0 spiro atoms. The molecule has 0 amide bonds. The molecule has 2 bridgehead atoms. The summed E-state index contributed by atoms with van der Waals surface area (Å²) in [5.74, 6) is 0.925. The molecule has 3 N–H and O–H groups in total. The zero-order valence-electron chi connectivity index (χ0n) is 9.79. The lowest BCUT2D eigenvalue weighted by Gasteiger charge is -2.38. The van der Waals surface area contributed by atoms with Gasteiger partial charge in [0.1, 0.15) is 0 Å². The van der Waals surface area contributed by atoms with E-state index in [0.29, 0.717) is 18.6 Å². The van der Waals surface area contributed by atoms with Crippen molar-refractivity contribution in [2.75, 3.05) is 4.90 Å². The van der Waals surface area contributed by atoms with Gasteiger partial charge in [-0.25, -0.2) is 0 Å². The molecule has 2 fully saturated rings. The van der Waals surface area contributed by atoms with Gasteiger partial charge in [-0.1, -0.05) is 0 Å². The molecule has 0 radical (unpaired) electrons. The quantitative estimate of drug-likeness (QED) is 0.776.